The number of ether oxygens (including phenoxy) is 1. The number of benzene rings is 1. The lowest BCUT2D eigenvalue weighted by Gasteiger charge is -2.41. The number of aliphatic hydroxyl groups is 1. The van der Waals surface area contributed by atoms with Gasteiger partial charge in [0, 0.05) is 36.7 Å². The van der Waals surface area contributed by atoms with Crippen LogP contribution in [0.3, 0.4) is 0 Å². The number of H-pyrrole nitrogens is 1. The molecule has 1 saturated heterocycles. The van der Waals surface area contributed by atoms with E-state index < -0.39 is 0 Å². The highest BCUT2D eigenvalue weighted by Crippen LogP contribution is 2.33. The SMILES string of the molecule is CC[C@@]1(CO)CCCN(Cc2cc3ccc(OC)cc3[nH]c2=O)C1. The summed E-state index contributed by atoms with van der Waals surface area (Å²) in [5.41, 5.74) is 1.50. The van der Waals surface area contributed by atoms with Crippen LogP contribution in [0, 0.1) is 5.41 Å². The molecular formula is C19H26N2O3. The van der Waals surface area contributed by atoms with Crippen LogP contribution in [0.4, 0.5) is 0 Å². The summed E-state index contributed by atoms with van der Waals surface area (Å²) in [7, 11) is 1.62. The molecule has 1 aromatic carbocycles. The quantitative estimate of drug-likeness (QED) is 0.884. The largest absolute Gasteiger partial charge is 0.497 e. The number of aliphatic hydroxyl groups excluding tert-OH is 1. The average molecular weight is 330 g/mol. The van der Waals surface area contributed by atoms with E-state index >= 15 is 0 Å². The maximum Gasteiger partial charge on any atom is 0.252 e. The number of fused-ring (bicyclic) bond motifs is 1. The Morgan fingerprint density at radius 2 is 2.21 bits per heavy atom. The van der Waals surface area contributed by atoms with E-state index in [0.29, 0.717) is 6.54 Å². The van der Waals surface area contributed by atoms with Gasteiger partial charge in [0.05, 0.1) is 12.6 Å². The van der Waals surface area contributed by atoms with Gasteiger partial charge in [-0.3, -0.25) is 9.69 Å². The maximum absolute atomic E-state index is 12.4. The summed E-state index contributed by atoms with van der Waals surface area (Å²) in [4.78, 5) is 17.7. The van der Waals surface area contributed by atoms with Gasteiger partial charge in [-0.05, 0) is 49.4 Å². The number of rotatable bonds is 5. The predicted octanol–water partition coefficient (Wildman–Crippen LogP) is 2.52. The van der Waals surface area contributed by atoms with Crippen LogP contribution in [0.1, 0.15) is 31.7 Å². The van der Waals surface area contributed by atoms with Gasteiger partial charge in [0.25, 0.3) is 5.56 Å². The zero-order valence-electron chi connectivity index (χ0n) is 14.5. The molecule has 0 amide bonds. The molecule has 2 N–H and O–H groups in total. The third-order valence-corrected chi connectivity index (χ3v) is 5.35. The Balaban J connectivity index is 1.84. The number of nitrogens with one attached hydrogen (secondary N) is 1. The fourth-order valence-electron chi connectivity index (χ4n) is 3.69. The normalized spacial score (nSPS) is 22.0. The third kappa shape index (κ3) is 3.32. The number of aromatic nitrogens is 1. The van der Waals surface area contributed by atoms with Gasteiger partial charge < -0.3 is 14.8 Å². The number of pyridine rings is 1. The molecule has 0 aliphatic carbocycles. The van der Waals surface area contributed by atoms with Crippen LogP contribution in [-0.2, 0) is 6.54 Å². The molecule has 1 atom stereocenters. The van der Waals surface area contributed by atoms with Crippen molar-refractivity contribution in [2.45, 2.75) is 32.7 Å². The molecule has 2 aromatic rings. The molecule has 1 aromatic heterocycles. The lowest BCUT2D eigenvalue weighted by molar-refractivity contribution is 0.0257. The minimum atomic E-state index is -0.0487. The number of aromatic amines is 1. The van der Waals surface area contributed by atoms with Crippen molar-refractivity contribution in [2.24, 2.45) is 5.41 Å². The van der Waals surface area contributed by atoms with Crippen molar-refractivity contribution < 1.29 is 9.84 Å². The van der Waals surface area contributed by atoms with Crippen LogP contribution in [0.15, 0.2) is 29.1 Å². The smallest absolute Gasteiger partial charge is 0.252 e. The predicted molar refractivity (Wildman–Crippen MR) is 95.4 cm³/mol. The van der Waals surface area contributed by atoms with Gasteiger partial charge in [-0.15, -0.1) is 0 Å². The zero-order valence-corrected chi connectivity index (χ0v) is 14.5. The molecule has 0 saturated carbocycles. The second-order valence-corrected chi connectivity index (χ2v) is 6.90. The minimum Gasteiger partial charge on any atom is -0.497 e. The Labute approximate surface area is 142 Å². The van der Waals surface area contributed by atoms with Gasteiger partial charge in [-0.25, -0.2) is 0 Å². The molecule has 1 aliphatic rings. The number of likely N-dealkylation sites (tertiary alicyclic amines) is 1. The van der Waals surface area contributed by atoms with Crippen molar-refractivity contribution in [1.82, 2.24) is 9.88 Å². The molecule has 1 fully saturated rings. The molecule has 0 radical (unpaired) electrons. The van der Waals surface area contributed by atoms with Gasteiger partial charge >= 0.3 is 0 Å². The molecule has 0 bridgehead atoms. The fraction of sp³-hybridized carbons (Fsp3) is 0.526. The van der Waals surface area contributed by atoms with Gasteiger partial charge in [0.15, 0.2) is 0 Å². The average Bonchev–Trinajstić information content (AvgIpc) is 2.62. The van der Waals surface area contributed by atoms with Crippen molar-refractivity contribution in [3.8, 4) is 5.75 Å². The summed E-state index contributed by atoms with van der Waals surface area (Å²) >= 11 is 0. The second kappa shape index (κ2) is 6.95. The Kier molecular flexibility index (Phi) is 4.92. The van der Waals surface area contributed by atoms with Crippen LogP contribution < -0.4 is 10.3 Å². The molecular weight excluding hydrogens is 304 g/mol. The van der Waals surface area contributed by atoms with E-state index in [-0.39, 0.29) is 17.6 Å². The topological polar surface area (TPSA) is 65.6 Å². The highest BCUT2D eigenvalue weighted by atomic mass is 16.5. The van der Waals surface area contributed by atoms with E-state index in [2.05, 4.69) is 16.8 Å². The summed E-state index contributed by atoms with van der Waals surface area (Å²) in [5.74, 6) is 0.734. The summed E-state index contributed by atoms with van der Waals surface area (Å²) < 4.78 is 5.21. The number of piperidine rings is 1. The molecule has 3 rings (SSSR count). The van der Waals surface area contributed by atoms with Crippen LogP contribution >= 0.6 is 0 Å². The first-order valence-corrected chi connectivity index (χ1v) is 8.62. The Bertz CT molecular complexity index is 765. The van der Waals surface area contributed by atoms with Crippen molar-refractivity contribution in [1.29, 1.82) is 0 Å². The van der Waals surface area contributed by atoms with E-state index in [1.807, 2.05) is 24.3 Å². The van der Waals surface area contributed by atoms with E-state index in [0.717, 1.165) is 54.6 Å². The fourth-order valence-corrected chi connectivity index (χ4v) is 3.69. The third-order valence-electron chi connectivity index (χ3n) is 5.35. The van der Waals surface area contributed by atoms with Crippen molar-refractivity contribution >= 4 is 10.9 Å². The lowest BCUT2D eigenvalue weighted by atomic mass is 9.78. The minimum absolute atomic E-state index is 0.0186. The molecule has 130 valence electrons. The highest BCUT2D eigenvalue weighted by molar-refractivity contribution is 5.80. The molecule has 2 heterocycles. The number of nitrogens with zero attached hydrogens (tertiary/aromatic N) is 1. The van der Waals surface area contributed by atoms with Crippen LogP contribution in [-0.4, -0.2) is 41.8 Å². The van der Waals surface area contributed by atoms with Gasteiger partial charge in [-0.2, -0.15) is 0 Å². The van der Waals surface area contributed by atoms with Crippen molar-refractivity contribution in [2.75, 3.05) is 26.8 Å². The summed E-state index contributed by atoms with van der Waals surface area (Å²) in [6.07, 6.45) is 3.09. The molecule has 0 spiro atoms. The monoisotopic (exact) mass is 330 g/mol. The Hall–Kier alpha value is -1.85. The molecule has 1 aliphatic heterocycles. The lowest BCUT2D eigenvalue weighted by Crippen LogP contribution is -2.45. The molecule has 0 unspecified atom stereocenters. The molecule has 5 nitrogen and oxygen atoms in total. The van der Waals surface area contributed by atoms with Crippen molar-refractivity contribution in [3.63, 3.8) is 0 Å². The van der Waals surface area contributed by atoms with Crippen LogP contribution in [0.2, 0.25) is 0 Å². The summed E-state index contributed by atoms with van der Waals surface area (Å²) in [6, 6.07) is 7.68. The van der Waals surface area contributed by atoms with Crippen LogP contribution in [0.5, 0.6) is 5.75 Å². The van der Waals surface area contributed by atoms with Gasteiger partial charge in [0.1, 0.15) is 5.75 Å². The van der Waals surface area contributed by atoms with E-state index in [9.17, 15) is 9.90 Å². The first kappa shape index (κ1) is 17.0. The molecule has 5 heteroatoms. The Morgan fingerprint density at radius 1 is 1.38 bits per heavy atom. The van der Waals surface area contributed by atoms with Crippen LogP contribution in [0.25, 0.3) is 10.9 Å². The second-order valence-electron chi connectivity index (χ2n) is 6.90. The first-order chi connectivity index (χ1) is 11.6. The summed E-state index contributed by atoms with van der Waals surface area (Å²) in [5, 5.41) is 10.8. The maximum atomic E-state index is 12.4. The van der Waals surface area contributed by atoms with E-state index in [4.69, 9.17) is 4.74 Å². The molecule has 24 heavy (non-hydrogen) atoms. The van der Waals surface area contributed by atoms with Gasteiger partial charge in [-0.1, -0.05) is 6.92 Å². The zero-order chi connectivity index (χ0) is 17.2. The van der Waals surface area contributed by atoms with E-state index in [1.165, 1.54) is 0 Å². The standard InChI is InChI=1S/C19H26N2O3/c1-3-19(13-22)7-4-8-21(12-19)11-15-9-14-5-6-16(24-2)10-17(14)20-18(15)23/h5-6,9-10,22H,3-4,7-8,11-13H2,1-2H3,(H,20,23)/t19-/m1/s1. The van der Waals surface area contributed by atoms with E-state index in [1.54, 1.807) is 7.11 Å². The number of hydrogen-bond acceptors (Lipinski definition) is 4. The van der Waals surface area contributed by atoms with Crippen molar-refractivity contribution in [3.05, 3.63) is 40.2 Å². The van der Waals surface area contributed by atoms with Gasteiger partial charge in [0.2, 0.25) is 0 Å². The highest BCUT2D eigenvalue weighted by Gasteiger charge is 2.33. The number of methoxy groups -OCH3 is 1. The number of hydrogen-bond donors (Lipinski definition) is 2. The summed E-state index contributed by atoms with van der Waals surface area (Å²) in [6.45, 7) is 4.80. The first-order valence-electron chi connectivity index (χ1n) is 8.62. The Morgan fingerprint density at radius 3 is 2.92 bits per heavy atom.